The summed E-state index contributed by atoms with van der Waals surface area (Å²) in [6, 6.07) is 7.94. The van der Waals surface area contributed by atoms with Crippen LogP contribution in [-0.4, -0.2) is 33.9 Å². The number of hydrazine groups is 1. The van der Waals surface area contributed by atoms with E-state index in [1.807, 2.05) is 17.1 Å². The van der Waals surface area contributed by atoms with Crippen molar-refractivity contribution in [1.29, 1.82) is 0 Å². The number of fused-ring (bicyclic) bond motifs is 2. The second-order valence-corrected chi connectivity index (χ2v) is 5.97. The van der Waals surface area contributed by atoms with Crippen LogP contribution in [0, 0.1) is 0 Å². The molecular weight excluding hydrogens is 252 g/mol. The van der Waals surface area contributed by atoms with E-state index in [-0.39, 0.29) is 11.8 Å². The topological polar surface area (TPSA) is 40.4 Å². The summed E-state index contributed by atoms with van der Waals surface area (Å²) in [6.07, 6.45) is 7.19. The van der Waals surface area contributed by atoms with Crippen LogP contribution in [0.1, 0.15) is 59.2 Å². The summed E-state index contributed by atoms with van der Waals surface area (Å²) in [4.78, 5) is 24.9. The van der Waals surface area contributed by atoms with Gasteiger partial charge in [-0.3, -0.25) is 9.59 Å². The van der Waals surface area contributed by atoms with Gasteiger partial charge in [0.1, 0.15) is 0 Å². The average molecular weight is 270 g/mol. The molecule has 2 amide bonds. The van der Waals surface area contributed by atoms with Crippen LogP contribution in [0.15, 0.2) is 24.3 Å². The molecule has 4 heteroatoms. The third-order valence-electron chi connectivity index (χ3n) is 4.79. The van der Waals surface area contributed by atoms with Crippen LogP contribution in [0.25, 0.3) is 0 Å². The Bertz CT molecular complexity index is 535. The van der Waals surface area contributed by atoms with Crippen molar-refractivity contribution in [3.8, 4) is 0 Å². The molecule has 0 N–H and O–H groups in total. The van der Waals surface area contributed by atoms with E-state index in [0.717, 1.165) is 12.8 Å². The summed E-state index contributed by atoms with van der Waals surface area (Å²) >= 11 is 0. The second-order valence-electron chi connectivity index (χ2n) is 5.97. The minimum atomic E-state index is -0.141. The molecule has 2 heterocycles. The number of hydrogen-bond donors (Lipinski definition) is 0. The van der Waals surface area contributed by atoms with E-state index in [4.69, 9.17) is 0 Å². The summed E-state index contributed by atoms with van der Waals surface area (Å²) in [5, 5.41) is 3.45. The minimum Gasteiger partial charge on any atom is -0.267 e. The molecule has 1 aliphatic carbocycles. The van der Waals surface area contributed by atoms with E-state index < -0.39 is 0 Å². The van der Waals surface area contributed by atoms with Crippen LogP contribution in [0.3, 0.4) is 0 Å². The van der Waals surface area contributed by atoms with Crippen molar-refractivity contribution in [2.24, 2.45) is 0 Å². The monoisotopic (exact) mass is 270 g/mol. The second kappa shape index (κ2) is 4.42. The first-order valence-corrected chi connectivity index (χ1v) is 7.55. The molecule has 20 heavy (non-hydrogen) atoms. The predicted molar refractivity (Wildman–Crippen MR) is 74.1 cm³/mol. The lowest BCUT2D eigenvalue weighted by Gasteiger charge is -2.16. The molecule has 0 radical (unpaired) electrons. The molecule has 4 rings (SSSR count). The Kier molecular flexibility index (Phi) is 2.67. The summed E-state index contributed by atoms with van der Waals surface area (Å²) < 4.78 is 0. The van der Waals surface area contributed by atoms with Gasteiger partial charge in [-0.05, 0) is 25.0 Å². The van der Waals surface area contributed by atoms with Gasteiger partial charge in [0.15, 0.2) is 0 Å². The highest BCUT2D eigenvalue weighted by atomic mass is 16.2. The van der Waals surface area contributed by atoms with Crippen molar-refractivity contribution in [2.75, 3.05) is 0 Å². The average Bonchev–Trinajstić information content (AvgIpc) is 3.01. The van der Waals surface area contributed by atoms with Gasteiger partial charge in [0, 0.05) is 12.1 Å². The number of benzene rings is 1. The van der Waals surface area contributed by atoms with Gasteiger partial charge in [0.2, 0.25) is 0 Å². The largest absolute Gasteiger partial charge is 0.276 e. The molecule has 2 fully saturated rings. The smallest absolute Gasteiger partial charge is 0.267 e. The van der Waals surface area contributed by atoms with E-state index in [0.29, 0.717) is 23.2 Å². The van der Waals surface area contributed by atoms with Crippen LogP contribution >= 0.6 is 0 Å². The third kappa shape index (κ3) is 1.64. The van der Waals surface area contributed by atoms with E-state index in [1.165, 1.54) is 30.7 Å². The van der Waals surface area contributed by atoms with Crippen LogP contribution < -0.4 is 0 Å². The Hall–Kier alpha value is -1.68. The fourth-order valence-corrected chi connectivity index (χ4v) is 3.71. The lowest BCUT2D eigenvalue weighted by molar-refractivity contribution is 0.0337. The molecule has 4 nitrogen and oxygen atoms in total. The number of rotatable bonds is 1. The van der Waals surface area contributed by atoms with Gasteiger partial charge in [-0.15, -0.1) is 0 Å². The number of carbonyl (C=O) groups is 2. The van der Waals surface area contributed by atoms with Crippen molar-refractivity contribution in [2.45, 2.75) is 50.6 Å². The van der Waals surface area contributed by atoms with E-state index in [9.17, 15) is 9.59 Å². The maximum absolute atomic E-state index is 12.5. The van der Waals surface area contributed by atoms with Crippen molar-refractivity contribution < 1.29 is 9.59 Å². The number of carbonyl (C=O) groups excluding carboxylic acids is 2. The highest BCUT2D eigenvalue weighted by molar-refractivity contribution is 6.21. The number of imide groups is 1. The molecule has 0 aromatic heterocycles. The molecular formula is C16H18N2O2. The maximum atomic E-state index is 12.5. The fraction of sp³-hybridized carbons (Fsp3) is 0.500. The Morgan fingerprint density at radius 1 is 0.800 bits per heavy atom. The molecule has 3 atom stereocenters. The Morgan fingerprint density at radius 2 is 1.30 bits per heavy atom. The zero-order valence-electron chi connectivity index (χ0n) is 11.4. The van der Waals surface area contributed by atoms with Gasteiger partial charge >= 0.3 is 0 Å². The first kappa shape index (κ1) is 12.1. The van der Waals surface area contributed by atoms with Crippen molar-refractivity contribution in [1.82, 2.24) is 10.0 Å². The molecule has 0 spiro atoms. The standard InChI is InChI=1S/C16H18N2O2/c19-15-11-7-5-6-8-12(11)16(20)18(15)17-13-9-3-1-2-4-10-14(13)17/h5-8,13-14H,1-4,9-10H2/t13-,14+,17?. The normalized spacial score (nSPS) is 32.4. The lowest BCUT2D eigenvalue weighted by atomic mass is 10.0. The SMILES string of the molecule is O=C1c2ccccc2C(=O)N1N1[C@@H]2CCCCCC[C@@H]21. The Labute approximate surface area is 118 Å². The van der Waals surface area contributed by atoms with Gasteiger partial charge in [0.25, 0.3) is 11.8 Å². The van der Waals surface area contributed by atoms with Crippen molar-refractivity contribution in [3.05, 3.63) is 35.4 Å². The van der Waals surface area contributed by atoms with Crippen LogP contribution in [-0.2, 0) is 0 Å². The van der Waals surface area contributed by atoms with Crippen molar-refractivity contribution >= 4 is 11.8 Å². The molecule has 104 valence electrons. The first-order valence-electron chi connectivity index (χ1n) is 7.55. The summed E-state index contributed by atoms with van der Waals surface area (Å²) in [6.45, 7) is 0. The molecule has 1 saturated heterocycles. The summed E-state index contributed by atoms with van der Waals surface area (Å²) in [7, 11) is 0. The zero-order chi connectivity index (χ0) is 13.7. The molecule has 1 aromatic carbocycles. The maximum Gasteiger partial charge on any atom is 0.276 e. The van der Waals surface area contributed by atoms with Gasteiger partial charge in [-0.2, -0.15) is 0 Å². The fourth-order valence-electron chi connectivity index (χ4n) is 3.71. The quantitative estimate of drug-likeness (QED) is 0.582. The Balaban J connectivity index is 1.62. The van der Waals surface area contributed by atoms with E-state index in [2.05, 4.69) is 0 Å². The molecule has 1 aromatic rings. The molecule has 1 saturated carbocycles. The van der Waals surface area contributed by atoms with Gasteiger partial charge in [-0.1, -0.05) is 37.8 Å². The van der Waals surface area contributed by atoms with Crippen LogP contribution in [0.2, 0.25) is 0 Å². The van der Waals surface area contributed by atoms with E-state index >= 15 is 0 Å². The zero-order valence-corrected chi connectivity index (χ0v) is 11.4. The van der Waals surface area contributed by atoms with E-state index in [1.54, 1.807) is 12.1 Å². The number of nitrogens with zero attached hydrogens (tertiary/aromatic N) is 2. The Morgan fingerprint density at radius 3 is 1.80 bits per heavy atom. The third-order valence-corrected chi connectivity index (χ3v) is 4.79. The van der Waals surface area contributed by atoms with Crippen LogP contribution in [0.5, 0.6) is 0 Å². The molecule has 1 unspecified atom stereocenters. The van der Waals surface area contributed by atoms with Gasteiger partial charge in [0.05, 0.1) is 11.1 Å². The summed E-state index contributed by atoms with van der Waals surface area (Å²) in [5.41, 5.74) is 1.11. The summed E-state index contributed by atoms with van der Waals surface area (Å²) in [5.74, 6) is -0.283. The molecule has 0 bridgehead atoms. The van der Waals surface area contributed by atoms with Crippen LogP contribution in [0.4, 0.5) is 0 Å². The highest BCUT2D eigenvalue weighted by Gasteiger charge is 2.56. The molecule has 3 aliphatic rings. The number of hydrogen-bond acceptors (Lipinski definition) is 3. The first-order chi connectivity index (χ1) is 9.79. The highest BCUT2D eigenvalue weighted by Crippen LogP contribution is 2.42. The molecule has 2 aliphatic heterocycles. The lowest BCUT2D eigenvalue weighted by Crippen LogP contribution is -2.37. The van der Waals surface area contributed by atoms with Gasteiger partial charge in [-0.25, -0.2) is 10.0 Å². The van der Waals surface area contributed by atoms with Crippen molar-refractivity contribution in [3.63, 3.8) is 0 Å². The minimum absolute atomic E-state index is 0.141. The number of amides is 2. The van der Waals surface area contributed by atoms with Gasteiger partial charge < -0.3 is 0 Å². The predicted octanol–water partition coefficient (Wildman–Crippen LogP) is 2.60.